The first-order chi connectivity index (χ1) is 17.3. The number of carbonyl (C=O) groups excluding carboxylic acids is 1. The van der Waals surface area contributed by atoms with Crippen LogP contribution in [0.1, 0.15) is 46.8 Å². The number of aromatic nitrogens is 1. The minimum absolute atomic E-state index is 0.218. The van der Waals surface area contributed by atoms with Gasteiger partial charge >= 0.3 is 10.2 Å². The van der Waals surface area contributed by atoms with E-state index in [9.17, 15) is 17.6 Å². The van der Waals surface area contributed by atoms with Crippen molar-refractivity contribution in [1.82, 2.24) is 9.71 Å². The first-order valence-corrected chi connectivity index (χ1v) is 12.6. The van der Waals surface area contributed by atoms with Crippen molar-refractivity contribution in [3.05, 3.63) is 82.1 Å². The van der Waals surface area contributed by atoms with Crippen molar-refractivity contribution in [2.75, 3.05) is 10.0 Å². The Bertz CT molecular complexity index is 1510. The molecule has 4 rings (SSSR count). The van der Waals surface area contributed by atoms with Crippen LogP contribution in [0.2, 0.25) is 0 Å². The third-order valence-electron chi connectivity index (χ3n) is 5.89. The lowest BCUT2D eigenvalue weighted by molar-refractivity contribution is 0.100. The second kappa shape index (κ2) is 9.63. The van der Waals surface area contributed by atoms with E-state index in [2.05, 4.69) is 15.0 Å². The summed E-state index contributed by atoms with van der Waals surface area (Å²) in [6.07, 6.45) is 1.77. The fourth-order valence-electron chi connectivity index (χ4n) is 3.64. The molecule has 0 bridgehead atoms. The highest BCUT2D eigenvalue weighted by atomic mass is 32.2. The van der Waals surface area contributed by atoms with E-state index in [1.54, 1.807) is 13.8 Å². The highest BCUT2D eigenvalue weighted by Gasteiger charge is 2.41. The topological polar surface area (TPSA) is 126 Å². The Hall–Kier alpha value is -3.71. The SMILES string of the molecule is Cc1ccc(Nc2c(C(N)=O)cc(Cc3ccnc(NS(=O)(=O)NC4(C)CC4)c3F)c(F)c2F)c(F)c1. The Morgan fingerprint density at radius 2 is 1.76 bits per heavy atom. The minimum atomic E-state index is -4.15. The van der Waals surface area contributed by atoms with E-state index in [1.165, 1.54) is 12.1 Å². The van der Waals surface area contributed by atoms with Gasteiger partial charge < -0.3 is 11.1 Å². The van der Waals surface area contributed by atoms with Crippen molar-refractivity contribution in [2.45, 2.75) is 38.6 Å². The van der Waals surface area contributed by atoms with E-state index in [0.717, 1.165) is 24.4 Å². The number of nitrogens with two attached hydrogens (primary N) is 1. The first kappa shape index (κ1) is 26.4. The van der Waals surface area contributed by atoms with Gasteiger partial charge in [0.15, 0.2) is 23.3 Å². The predicted octanol–water partition coefficient (Wildman–Crippen LogP) is 4.18. The van der Waals surface area contributed by atoms with Crippen molar-refractivity contribution < 1.29 is 30.8 Å². The lowest BCUT2D eigenvalue weighted by Gasteiger charge is -2.16. The number of pyridine rings is 1. The molecule has 196 valence electrons. The van der Waals surface area contributed by atoms with Crippen LogP contribution in [0, 0.1) is 30.2 Å². The number of primary amides is 1. The van der Waals surface area contributed by atoms with Gasteiger partial charge in [-0.25, -0.2) is 22.5 Å². The number of hydrogen-bond donors (Lipinski definition) is 4. The first-order valence-electron chi connectivity index (χ1n) is 11.1. The largest absolute Gasteiger partial charge is 0.366 e. The van der Waals surface area contributed by atoms with Crippen LogP contribution in [0.3, 0.4) is 0 Å². The predicted molar refractivity (Wildman–Crippen MR) is 130 cm³/mol. The third-order valence-corrected chi connectivity index (χ3v) is 7.12. The summed E-state index contributed by atoms with van der Waals surface area (Å²) in [5.74, 6) is -6.61. The van der Waals surface area contributed by atoms with Gasteiger partial charge in [0.1, 0.15) is 5.82 Å². The molecule has 1 aliphatic carbocycles. The molecule has 0 aliphatic heterocycles. The Morgan fingerprint density at radius 3 is 2.38 bits per heavy atom. The van der Waals surface area contributed by atoms with E-state index >= 15 is 13.2 Å². The van der Waals surface area contributed by atoms with Gasteiger partial charge in [-0.15, -0.1) is 0 Å². The number of carbonyl (C=O) groups is 1. The summed E-state index contributed by atoms with van der Waals surface area (Å²) < 4.78 is 88.5. The van der Waals surface area contributed by atoms with E-state index in [-0.39, 0.29) is 11.3 Å². The van der Waals surface area contributed by atoms with Gasteiger partial charge in [0.05, 0.1) is 16.9 Å². The fraction of sp³-hybridized carbons (Fsp3) is 0.250. The molecule has 1 amide bonds. The van der Waals surface area contributed by atoms with Crippen LogP contribution >= 0.6 is 0 Å². The van der Waals surface area contributed by atoms with Gasteiger partial charge in [0, 0.05) is 18.2 Å². The second-order valence-corrected chi connectivity index (χ2v) is 10.6. The number of halogens is 4. The summed E-state index contributed by atoms with van der Waals surface area (Å²) in [6, 6.07) is 6.05. The Balaban J connectivity index is 1.66. The van der Waals surface area contributed by atoms with Crippen molar-refractivity contribution in [2.24, 2.45) is 5.73 Å². The molecule has 0 spiro atoms. The molecule has 0 unspecified atom stereocenters. The van der Waals surface area contributed by atoms with E-state index in [1.807, 2.05) is 4.72 Å². The van der Waals surface area contributed by atoms with Crippen LogP contribution in [0.15, 0.2) is 36.5 Å². The monoisotopic (exact) mass is 537 g/mol. The molecule has 2 aromatic carbocycles. The van der Waals surface area contributed by atoms with Crippen molar-refractivity contribution in [3.63, 3.8) is 0 Å². The molecule has 8 nitrogen and oxygen atoms in total. The van der Waals surface area contributed by atoms with E-state index < -0.39 is 74.0 Å². The van der Waals surface area contributed by atoms with Gasteiger partial charge in [-0.05, 0) is 67.6 Å². The standard InChI is InChI=1S/C24H23F4N5O3S/c1-12-3-4-17(16(25)9-12)31-21-15(22(29)34)11-14(18(26)20(21)28)10-13-5-8-30-23(19(13)27)32-37(35,36)33-24(2)6-7-24/h3-5,8-9,11,31,33H,6-7,10H2,1-2H3,(H2,29,34)(H,30,32). The summed E-state index contributed by atoms with van der Waals surface area (Å²) in [7, 11) is -4.15. The van der Waals surface area contributed by atoms with Crippen LogP contribution in [0.5, 0.6) is 0 Å². The summed E-state index contributed by atoms with van der Waals surface area (Å²) >= 11 is 0. The molecule has 1 fully saturated rings. The van der Waals surface area contributed by atoms with Crippen LogP contribution in [0.4, 0.5) is 34.8 Å². The number of anilines is 3. The molecule has 0 radical (unpaired) electrons. The average Bonchev–Trinajstić information content (AvgIpc) is 3.52. The number of amides is 1. The Labute approximate surface area is 210 Å². The molecule has 1 heterocycles. The van der Waals surface area contributed by atoms with Crippen molar-refractivity contribution in [1.29, 1.82) is 0 Å². The van der Waals surface area contributed by atoms with Gasteiger partial charge in [0.2, 0.25) is 0 Å². The summed E-state index contributed by atoms with van der Waals surface area (Å²) in [4.78, 5) is 15.7. The smallest absolute Gasteiger partial charge is 0.300 e. The van der Waals surface area contributed by atoms with Gasteiger partial charge in [-0.2, -0.15) is 13.1 Å². The number of nitrogens with one attached hydrogen (secondary N) is 3. The number of hydrogen-bond acceptors (Lipinski definition) is 5. The maximum atomic E-state index is 15.1. The van der Waals surface area contributed by atoms with Crippen LogP contribution in [0.25, 0.3) is 0 Å². The average molecular weight is 538 g/mol. The van der Waals surface area contributed by atoms with Gasteiger partial charge in [-0.1, -0.05) is 6.07 Å². The lowest BCUT2D eigenvalue weighted by atomic mass is 10.00. The molecular weight excluding hydrogens is 514 g/mol. The highest BCUT2D eigenvalue weighted by molar-refractivity contribution is 7.90. The Kier molecular flexibility index (Phi) is 6.86. The maximum Gasteiger partial charge on any atom is 0.300 e. The van der Waals surface area contributed by atoms with E-state index in [4.69, 9.17) is 5.73 Å². The molecule has 1 saturated carbocycles. The molecule has 1 aromatic heterocycles. The molecule has 0 saturated heterocycles. The van der Waals surface area contributed by atoms with Crippen LogP contribution < -0.4 is 20.5 Å². The quantitative estimate of drug-likeness (QED) is 0.305. The fourth-order valence-corrected chi connectivity index (χ4v) is 4.94. The molecule has 0 atom stereocenters. The van der Waals surface area contributed by atoms with Crippen molar-refractivity contribution in [3.8, 4) is 0 Å². The zero-order valence-corrected chi connectivity index (χ0v) is 20.6. The van der Waals surface area contributed by atoms with Gasteiger partial charge in [0.25, 0.3) is 5.91 Å². The molecular formula is C24H23F4N5O3S. The molecule has 1 aliphatic rings. The third kappa shape index (κ3) is 5.83. The molecule has 5 N–H and O–H groups in total. The summed E-state index contributed by atoms with van der Waals surface area (Å²) in [5.41, 5.74) is 3.26. The highest BCUT2D eigenvalue weighted by Crippen LogP contribution is 2.35. The van der Waals surface area contributed by atoms with Crippen LogP contribution in [-0.2, 0) is 16.6 Å². The Morgan fingerprint density at radius 1 is 1.05 bits per heavy atom. The number of rotatable bonds is 9. The molecule has 13 heteroatoms. The van der Waals surface area contributed by atoms with Crippen molar-refractivity contribution >= 4 is 33.3 Å². The summed E-state index contributed by atoms with van der Waals surface area (Å²) in [5, 5.41) is 2.36. The summed E-state index contributed by atoms with van der Waals surface area (Å²) in [6.45, 7) is 3.32. The molecule has 3 aromatic rings. The maximum absolute atomic E-state index is 15.1. The normalized spacial score (nSPS) is 14.3. The van der Waals surface area contributed by atoms with Gasteiger partial charge in [-0.3, -0.25) is 9.52 Å². The second-order valence-electron chi connectivity index (χ2n) is 9.14. The zero-order valence-electron chi connectivity index (χ0n) is 19.8. The number of aryl methyl sites for hydroxylation is 1. The number of nitrogens with zero attached hydrogens (tertiary/aromatic N) is 1. The van der Waals surface area contributed by atoms with Crippen LogP contribution in [-0.4, -0.2) is 24.8 Å². The molecule has 37 heavy (non-hydrogen) atoms. The lowest BCUT2D eigenvalue weighted by Crippen LogP contribution is -2.38. The minimum Gasteiger partial charge on any atom is -0.366 e. The zero-order chi connectivity index (χ0) is 27.1. The van der Waals surface area contributed by atoms with E-state index in [0.29, 0.717) is 18.4 Å². The number of benzene rings is 2.